The van der Waals surface area contributed by atoms with Gasteiger partial charge in [-0.05, 0) is 39.8 Å². The Hall–Kier alpha value is -1.52. The fourth-order valence-electron chi connectivity index (χ4n) is 2.24. The van der Waals surface area contributed by atoms with Crippen molar-refractivity contribution in [2.24, 2.45) is 0 Å². The molecule has 0 atom stereocenters. The van der Waals surface area contributed by atoms with Gasteiger partial charge in [0.05, 0.1) is 23.5 Å². The van der Waals surface area contributed by atoms with Gasteiger partial charge in [-0.15, -0.1) is 0 Å². The van der Waals surface area contributed by atoms with E-state index < -0.39 is 54.7 Å². The lowest BCUT2D eigenvalue weighted by molar-refractivity contribution is -0.126. The maximum absolute atomic E-state index is 15.0. The van der Waals surface area contributed by atoms with Crippen molar-refractivity contribution in [3.63, 3.8) is 0 Å². The van der Waals surface area contributed by atoms with E-state index in [9.17, 15) is 30.9 Å². The highest BCUT2D eigenvalue weighted by Gasteiger charge is 2.67. The zero-order chi connectivity index (χ0) is 22.8. The van der Waals surface area contributed by atoms with E-state index in [-0.39, 0.29) is 0 Å². The number of aromatic nitrogens is 1. The second-order valence-corrected chi connectivity index (χ2v) is 8.29. The monoisotopic (exact) mass is 455 g/mol. The van der Waals surface area contributed by atoms with Crippen LogP contribution < -0.4 is 0 Å². The Kier molecular flexibility index (Phi) is 7.65. The Balaban J connectivity index is 4.01. The molecule has 0 N–H and O–H groups in total. The third kappa shape index (κ3) is 5.99. The van der Waals surface area contributed by atoms with Crippen molar-refractivity contribution in [3.8, 4) is 0 Å². The van der Waals surface area contributed by atoms with E-state index in [4.69, 9.17) is 0 Å². The van der Waals surface area contributed by atoms with Crippen molar-refractivity contribution in [2.75, 3.05) is 0 Å². The molecule has 0 saturated heterocycles. The summed E-state index contributed by atoms with van der Waals surface area (Å²) in [4.78, 5) is 3.11. The van der Waals surface area contributed by atoms with Gasteiger partial charge in [-0.1, -0.05) is 6.07 Å². The standard InChI is InChI=1S/C16H18F8NO3P/c1-9(2)27-29(26,28-10(3)4)16(23,24)13(15(20,21)22)12(14(17,18)19)11-7-5-6-8-25-11/h5-10H,1-4H3/b13-12+. The quantitative estimate of drug-likeness (QED) is 0.344. The molecule has 0 spiro atoms. The van der Waals surface area contributed by atoms with Crippen molar-refractivity contribution in [2.45, 2.75) is 57.9 Å². The normalized spacial score (nSPS) is 15.1. The lowest BCUT2D eigenvalue weighted by atomic mass is 10.0. The van der Waals surface area contributed by atoms with Gasteiger partial charge in [0.25, 0.3) is 0 Å². The topological polar surface area (TPSA) is 48.4 Å². The third-order valence-corrected chi connectivity index (χ3v) is 5.39. The van der Waals surface area contributed by atoms with Gasteiger partial charge < -0.3 is 9.05 Å². The minimum Gasteiger partial charge on any atom is -0.301 e. The molecule has 13 heteroatoms. The summed E-state index contributed by atoms with van der Waals surface area (Å²) in [5.41, 5.74) is -13.3. The Morgan fingerprint density at radius 1 is 0.897 bits per heavy atom. The molecule has 0 bridgehead atoms. The first kappa shape index (κ1) is 25.5. The van der Waals surface area contributed by atoms with E-state index in [1.165, 1.54) is 0 Å². The smallest absolute Gasteiger partial charge is 0.301 e. The molecular formula is C16H18F8NO3P. The predicted molar refractivity (Wildman–Crippen MR) is 88.3 cm³/mol. The minimum atomic E-state index is -6.25. The number of allylic oxidation sites excluding steroid dienone is 2. The summed E-state index contributed by atoms with van der Waals surface area (Å²) in [6.45, 7) is 4.25. The average molecular weight is 455 g/mol. The van der Waals surface area contributed by atoms with Crippen molar-refractivity contribution in [1.82, 2.24) is 4.98 Å². The Labute approximate surface area is 161 Å². The lowest BCUT2D eigenvalue weighted by Gasteiger charge is -2.33. The molecular weight excluding hydrogens is 437 g/mol. The van der Waals surface area contributed by atoms with Gasteiger partial charge in [-0.3, -0.25) is 9.55 Å². The SMILES string of the molecule is CC(C)OP(=O)(OC(C)C)C(F)(F)/C(=C(\c1ccccn1)C(F)(F)F)C(F)(F)F. The van der Waals surface area contributed by atoms with Crippen molar-refractivity contribution in [3.05, 3.63) is 35.7 Å². The van der Waals surface area contributed by atoms with Gasteiger partial charge in [-0.25, -0.2) is 0 Å². The Morgan fingerprint density at radius 3 is 1.69 bits per heavy atom. The number of nitrogens with zero attached hydrogens (tertiary/aromatic N) is 1. The summed E-state index contributed by atoms with van der Waals surface area (Å²) in [7, 11) is -6.07. The van der Waals surface area contributed by atoms with Gasteiger partial charge in [0.1, 0.15) is 5.57 Å². The van der Waals surface area contributed by atoms with Gasteiger partial charge in [0, 0.05) is 6.20 Å². The summed E-state index contributed by atoms with van der Waals surface area (Å²) in [5, 5.41) is 0. The first-order valence-corrected chi connectivity index (χ1v) is 9.63. The molecule has 4 nitrogen and oxygen atoms in total. The second kappa shape index (κ2) is 8.69. The molecule has 1 aromatic rings. The molecule has 0 aliphatic rings. The first-order valence-electron chi connectivity index (χ1n) is 8.08. The van der Waals surface area contributed by atoms with Crippen LogP contribution in [0, 0.1) is 0 Å². The summed E-state index contributed by atoms with van der Waals surface area (Å²) in [6.07, 6.45) is -14.2. The lowest BCUT2D eigenvalue weighted by Crippen LogP contribution is -2.36. The molecule has 0 unspecified atom stereocenters. The molecule has 1 rings (SSSR count). The molecule has 1 aromatic heterocycles. The molecule has 0 aromatic carbocycles. The molecule has 29 heavy (non-hydrogen) atoms. The van der Waals surface area contributed by atoms with Crippen LogP contribution in [0.4, 0.5) is 35.1 Å². The van der Waals surface area contributed by atoms with Crippen LogP contribution in [0.3, 0.4) is 0 Å². The Morgan fingerprint density at radius 2 is 1.38 bits per heavy atom. The van der Waals surface area contributed by atoms with Gasteiger partial charge in [-0.2, -0.15) is 35.1 Å². The highest BCUT2D eigenvalue weighted by atomic mass is 31.2. The number of halogens is 8. The molecule has 1 heterocycles. The summed E-state index contributed by atoms with van der Waals surface area (Å²) >= 11 is 0. The number of rotatable bonds is 7. The molecule has 166 valence electrons. The predicted octanol–water partition coefficient (Wildman–Crippen LogP) is 6.60. The van der Waals surface area contributed by atoms with Crippen LogP contribution >= 0.6 is 7.60 Å². The van der Waals surface area contributed by atoms with Crippen molar-refractivity contribution in [1.29, 1.82) is 0 Å². The third-order valence-electron chi connectivity index (χ3n) is 3.08. The average Bonchev–Trinajstić information content (AvgIpc) is 2.48. The van der Waals surface area contributed by atoms with Crippen LogP contribution in [0.5, 0.6) is 0 Å². The maximum Gasteiger partial charge on any atom is 0.419 e. The van der Waals surface area contributed by atoms with Gasteiger partial charge in [0.2, 0.25) is 0 Å². The highest BCUT2D eigenvalue weighted by Crippen LogP contribution is 2.69. The van der Waals surface area contributed by atoms with E-state index in [1.54, 1.807) is 0 Å². The van der Waals surface area contributed by atoms with Crippen molar-refractivity contribution < 1.29 is 48.7 Å². The van der Waals surface area contributed by atoms with E-state index in [1.807, 2.05) is 0 Å². The maximum atomic E-state index is 15.0. The summed E-state index contributed by atoms with van der Waals surface area (Å²) in [6, 6.07) is 2.44. The first-order chi connectivity index (χ1) is 12.9. The molecule has 0 amide bonds. The van der Waals surface area contributed by atoms with Crippen molar-refractivity contribution >= 4 is 13.2 Å². The van der Waals surface area contributed by atoms with Crippen LogP contribution in [0.15, 0.2) is 30.0 Å². The molecule has 0 aliphatic carbocycles. The van der Waals surface area contributed by atoms with Gasteiger partial charge in [0.15, 0.2) is 0 Å². The Bertz CT molecular complexity index is 759. The van der Waals surface area contributed by atoms with Crippen LogP contribution in [0.25, 0.3) is 5.57 Å². The number of pyridine rings is 1. The number of hydrogen-bond acceptors (Lipinski definition) is 4. The summed E-state index contributed by atoms with van der Waals surface area (Å²) < 4.78 is 133. The number of hydrogen-bond donors (Lipinski definition) is 0. The molecule has 0 aliphatic heterocycles. The zero-order valence-corrected chi connectivity index (χ0v) is 16.5. The van der Waals surface area contributed by atoms with Crippen LogP contribution in [-0.2, 0) is 13.6 Å². The summed E-state index contributed by atoms with van der Waals surface area (Å²) in [5.74, 6) is 0. The zero-order valence-electron chi connectivity index (χ0n) is 15.6. The number of alkyl halides is 8. The minimum absolute atomic E-state index is 0.474. The largest absolute Gasteiger partial charge is 0.419 e. The van der Waals surface area contributed by atoms with E-state index in [0.717, 1.165) is 39.8 Å². The second-order valence-electron chi connectivity index (χ2n) is 6.31. The highest BCUT2D eigenvalue weighted by molar-refractivity contribution is 7.55. The van der Waals surface area contributed by atoms with Gasteiger partial charge >= 0.3 is 25.6 Å². The fourth-order valence-corrected chi connectivity index (χ4v) is 4.17. The van der Waals surface area contributed by atoms with E-state index in [0.29, 0.717) is 12.3 Å². The molecule has 0 saturated carbocycles. The van der Waals surface area contributed by atoms with Crippen LogP contribution in [-0.4, -0.2) is 35.2 Å². The van der Waals surface area contributed by atoms with E-state index in [2.05, 4.69) is 14.0 Å². The van der Waals surface area contributed by atoms with Crippen LogP contribution in [0.2, 0.25) is 0 Å². The molecule has 0 fully saturated rings. The molecule has 0 radical (unpaired) electrons. The van der Waals surface area contributed by atoms with Crippen LogP contribution in [0.1, 0.15) is 33.4 Å². The van der Waals surface area contributed by atoms with E-state index >= 15 is 8.78 Å². The fraction of sp³-hybridized carbons (Fsp3) is 0.562.